The number of nitrogens with zero attached hydrogens (tertiary/aromatic N) is 2. The molecule has 2 N–H and O–H groups in total. The Kier molecular flexibility index (Phi) is 3.04. The molecule has 0 saturated carbocycles. The number of benzene rings is 1. The fourth-order valence-corrected chi connectivity index (χ4v) is 1.38. The van der Waals surface area contributed by atoms with Gasteiger partial charge in [0, 0.05) is 0 Å². The molecule has 1 aromatic carbocycles. The van der Waals surface area contributed by atoms with Gasteiger partial charge in [-0.25, -0.2) is 0 Å². The van der Waals surface area contributed by atoms with Gasteiger partial charge in [-0.1, -0.05) is 12.1 Å². The molecule has 0 atom stereocenters. The molecule has 1 aromatic heterocycles. The molecule has 0 unspecified atom stereocenters. The van der Waals surface area contributed by atoms with Gasteiger partial charge in [0.15, 0.2) is 5.69 Å². The molecule has 2 aromatic rings. The van der Waals surface area contributed by atoms with Crippen LogP contribution in [0.15, 0.2) is 39.3 Å². The molecule has 1 heterocycles. The lowest BCUT2D eigenvalue weighted by molar-refractivity contribution is 0.416. The number of nitrogens with one attached hydrogen (secondary N) is 2. The maximum absolute atomic E-state index is 11.3. The number of H-pyrrole nitrogens is 2. The van der Waals surface area contributed by atoms with E-state index in [1.165, 1.54) is 0 Å². The Morgan fingerprint density at radius 3 is 2.59 bits per heavy atom. The van der Waals surface area contributed by atoms with Crippen LogP contribution in [0, 0.1) is 6.92 Å². The predicted molar refractivity (Wildman–Crippen MR) is 63.3 cm³/mol. The molecule has 0 spiro atoms. The van der Waals surface area contributed by atoms with Crippen LogP contribution >= 0.6 is 0 Å². The van der Waals surface area contributed by atoms with Crippen molar-refractivity contribution < 1.29 is 4.74 Å². The van der Waals surface area contributed by atoms with Crippen molar-refractivity contribution in [3.63, 3.8) is 0 Å². The molecule has 2 rings (SSSR count). The van der Waals surface area contributed by atoms with Crippen molar-refractivity contribution in [3.05, 3.63) is 40.3 Å². The Morgan fingerprint density at radius 2 is 1.94 bits per heavy atom. The van der Waals surface area contributed by atoms with Crippen LogP contribution in [0.1, 0.15) is 5.69 Å². The van der Waals surface area contributed by atoms with Crippen molar-refractivity contribution in [3.8, 4) is 5.75 Å². The van der Waals surface area contributed by atoms with E-state index in [2.05, 4.69) is 20.4 Å². The number of hydrogen-bond donors (Lipinski definition) is 2. The van der Waals surface area contributed by atoms with E-state index in [-0.39, 0.29) is 11.2 Å². The summed E-state index contributed by atoms with van der Waals surface area (Å²) in [5, 5.41) is 13.0. The monoisotopic (exact) mass is 232 g/mol. The van der Waals surface area contributed by atoms with E-state index >= 15 is 0 Å². The predicted octanol–water partition coefficient (Wildman–Crippen LogP) is 2.44. The fraction of sp³-hybridized carbons (Fsp3) is 0.182. The van der Waals surface area contributed by atoms with E-state index in [4.69, 9.17) is 4.74 Å². The lowest BCUT2D eigenvalue weighted by Crippen LogP contribution is -1.96. The van der Waals surface area contributed by atoms with Crippen molar-refractivity contribution in [2.45, 2.75) is 6.92 Å². The number of rotatable bonds is 3. The lowest BCUT2D eigenvalue weighted by Gasteiger charge is -2.01. The third-order valence-corrected chi connectivity index (χ3v) is 2.28. The number of methoxy groups -OCH3 is 1. The molecule has 88 valence electrons. The molecule has 0 saturated heterocycles. The molecule has 6 nitrogen and oxygen atoms in total. The average Bonchev–Trinajstić information content (AvgIpc) is 2.67. The van der Waals surface area contributed by atoms with Crippen molar-refractivity contribution in [2.75, 3.05) is 7.11 Å². The van der Waals surface area contributed by atoms with E-state index in [0.717, 1.165) is 0 Å². The molecule has 0 aliphatic carbocycles. The van der Waals surface area contributed by atoms with Crippen LogP contribution in [0.25, 0.3) is 0 Å². The maximum atomic E-state index is 11.3. The molecule has 0 fully saturated rings. The van der Waals surface area contributed by atoms with Crippen LogP contribution in [-0.2, 0) is 0 Å². The SMILES string of the molecule is COc1ccccc1N=Nc1c(C)[nH][nH]c1=O. The molecular weight excluding hydrogens is 220 g/mol. The van der Waals surface area contributed by atoms with Gasteiger partial charge in [0.2, 0.25) is 0 Å². The van der Waals surface area contributed by atoms with Crippen molar-refractivity contribution >= 4 is 11.4 Å². The zero-order valence-electron chi connectivity index (χ0n) is 9.52. The van der Waals surface area contributed by atoms with Crippen LogP contribution in [0.2, 0.25) is 0 Å². The average molecular weight is 232 g/mol. The Bertz CT molecular complexity index is 598. The molecular formula is C11H12N4O2. The molecule has 0 amide bonds. The first kappa shape index (κ1) is 11.1. The first-order valence-corrected chi connectivity index (χ1v) is 5.04. The normalized spacial score (nSPS) is 10.9. The Hall–Kier alpha value is -2.37. The number of aromatic nitrogens is 2. The van der Waals surface area contributed by atoms with Crippen LogP contribution in [0.5, 0.6) is 5.75 Å². The topological polar surface area (TPSA) is 82.6 Å². The summed E-state index contributed by atoms with van der Waals surface area (Å²) >= 11 is 0. The van der Waals surface area contributed by atoms with Gasteiger partial charge in [0.05, 0.1) is 12.8 Å². The minimum absolute atomic E-state index is 0.274. The largest absolute Gasteiger partial charge is 0.494 e. The zero-order valence-corrected chi connectivity index (χ0v) is 9.52. The summed E-state index contributed by atoms with van der Waals surface area (Å²) < 4.78 is 5.13. The van der Waals surface area contributed by atoms with Crippen LogP contribution < -0.4 is 10.3 Å². The van der Waals surface area contributed by atoms with Gasteiger partial charge >= 0.3 is 0 Å². The zero-order chi connectivity index (χ0) is 12.3. The summed E-state index contributed by atoms with van der Waals surface area (Å²) in [6, 6.07) is 7.21. The van der Waals surface area contributed by atoms with Gasteiger partial charge in [0.1, 0.15) is 11.4 Å². The highest BCUT2D eigenvalue weighted by molar-refractivity contribution is 5.51. The molecule has 6 heteroatoms. The third-order valence-electron chi connectivity index (χ3n) is 2.28. The minimum atomic E-state index is -0.291. The summed E-state index contributed by atoms with van der Waals surface area (Å²) in [4.78, 5) is 11.3. The van der Waals surface area contributed by atoms with Gasteiger partial charge in [-0.3, -0.25) is 9.89 Å². The number of aromatic amines is 2. The first-order valence-electron chi connectivity index (χ1n) is 5.04. The van der Waals surface area contributed by atoms with E-state index in [1.54, 1.807) is 26.2 Å². The van der Waals surface area contributed by atoms with Gasteiger partial charge < -0.3 is 9.84 Å². The first-order chi connectivity index (χ1) is 8.22. The number of hydrogen-bond acceptors (Lipinski definition) is 4. The molecule has 0 radical (unpaired) electrons. The standard InChI is InChI=1S/C11H12N4O2/c1-7-10(11(16)15-12-7)14-13-8-5-3-4-6-9(8)17-2/h3-6H,1-2H3,(H2,12,15,16). The summed E-state index contributed by atoms with van der Waals surface area (Å²) in [6.07, 6.45) is 0. The smallest absolute Gasteiger partial charge is 0.291 e. The summed E-state index contributed by atoms with van der Waals surface area (Å²) in [6.45, 7) is 1.74. The summed E-state index contributed by atoms with van der Waals surface area (Å²) in [5.41, 5.74) is 1.21. The van der Waals surface area contributed by atoms with Gasteiger partial charge in [-0.2, -0.15) is 0 Å². The van der Waals surface area contributed by atoms with Crippen LogP contribution in [0.4, 0.5) is 11.4 Å². The molecule has 17 heavy (non-hydrogen) atoms. The van der Waals surface area contributed by atoms with E-state index in [1.807, 2.05) is 12.1 Å². The van der Waals surface area contributed by atoms with Crippen LogP contribution in [-0.4, -0.2) is 17.3 Å². The number of azo groups is 1. The Morgan fingerprint density at radius 1 is 1.18 bits per heavy atom. The van der Waals surface area contributed by atoms with E-state index in [9.17, 15) is 4.79 Å². The van der Waals surface area contributed by atoms with Crippen molar-refractivity contribution in [1.29, 1.82) is 0 Å². The van der Waals surface area contributed by atoms with Crippen molar-refractivity contribution in [2.24, 2.45) is 10.2 Å². The molecule has 0 bridgehead atoms. The van der Waals surface area contributed by atoms with E-state index < -0.39 is 0 Å². The molecule has 0 aliphatic heterocycles. The molecule has 0 aliphatic rings. The Balaban J connectivity index is 2.35. The van der Waals surface area contributed by atoms with Crippen molar-refractivity contribution in [1.82, 2.24) is 10.2 Å². The van der Waals surface area contributed by atoms with Crippen LogP contribution in [0.3, 0.4) is 0 Å². The second-order valence-electron chi connectivity index (χ2n) is 3.42. The van der Waals surface area contributed by atoms with Gasteiger partial charge in [-0.05, 0) is 19.1 Å². The lowest BCUT2D eigenvalue weighted by atomic mass is 10.3. The summed E-state index contributed by atoms with van der Waals surface area (Å²) in [7, 11) is 1.56. The number of aryl methyl sites for hydroxylation is 1. The van der Waals surface area contributed by atoms with E-state index in [0.29, 0.717) is 17.1 Å². The maximum Gasteiger partial charge on any atom is 0.291 e. The number of para-hydroxylation sites is 1. The minimum Gasteiger partial charge on any atom is -0.494 e. The Labute approximate surface area is 97.3 Å². The van der Waals surface area contributed by atoms with Gasteiger partial charge in [0.25, 0.3) is 5.56 Å². The van der Waals surface area contributed by atoms with Gasteiger partial charge in [-0.15, -0.1) is 10.2 Å². The quantitative estimate of drug-likeness (QED) is 0.796. The third kappa shape index (κ3) is 2.25. The fourth-order valence-electron chi connectivity index (χ4n) is 1.38. The second kappa shape index (κ2) is 4.65. The highest BCUT2D eigenvalue weighted by atomic mass is 16.5. The number of ether oxygens (including phenoxy) is 1. The second-order valence-corrected chi connectivity index (χ2v) is 3.42. The highest BCUT2D eigenvalue weighted by Gasteiger charge is 2.05. The summed E-state index contributed by atoms with van der Waals surface area (Å²) in [5.74, 6) is 0.612. The highest BCUT2D eigenvalue weighted by Crippen LogP contribution is 2.27.